The smallest absolute Gasteiger partial charge is 0.410 e. The summed E-state index contributed by atoms with van der Waals surface area (Å²) in [6.07, 6.45) is -5.62. The van der Waals surface area contributed by atoms with Crippen molar-refractivity contribution in [3.63, 3.8) is 0 Å². The average Bonchev–Trinajstić information content (AvgIpc) is 2.41. The van der Waals surface area contributed by atoms with Crippen LogP contribution in [0, 0.1) is 5.82 Å². The summed E-state index contributed by atoms with van der Waals surface area (Å²) in [5, 5.41) is 2.10. The van der Waals surface area contributed by atoms with Crippen LogP contribution < -0.4 is 10.1 Å². The van der Waals surface area contributed by atoms with Crippen LogP contribution in [0.2, 0.25) is 0 Å². The largest absolute Gasteiger partial charge is 0.417 e. The fourth-order valence-electron chi connectivity index (χ4n) is 1.54. The molecule has 0 heterocycles. The fourth-order valence-corrected chi connectivity index (χ4v) is 1.54. The summed E-state index contributed by atoms with van der Waals surface area (Å²) < 4.78 is 55.5. The summed E-state index contributed by atoms with van der Waals surface area (Å²) in [5.41, 5.74) is -1.08. The lowest BCUT2D eigenvalue weighted by Gasteiger charge is -2.10. The molecule has 1 amide bonds. The third-order valence-corrected chi connectivity index (χ3v) is 2.48. The van der Waals surface area contributed by atoms with Gasteiger partial charge in [-0.15, -0.1) is 0 Å². The molecule has 21 heavy (non-hydrogen) atoms. The number of carbonyl (C=O) groups excluding carboxylic acids is 1. The summed E-state index contributed by atoms with van der Waals surface area (Å²) in [5.74, 6) is -0.975. The van der Waals surface area contributed by atoms with E-state index in [1.54, 1.807) is 0 Å². The Labute approximate surface area is 117 Å². The summed E-state index contributed by atoms with van der Waals surface area (Å²) in [4.78, 5) is 11.5. The summed E-state index contributed by atoms with van der Waals surface area (Å²) in [6, 6.07) is 9.16. The van der Waals surface area contributed by atoms with Gasteiger partial charge in [0.1, 0.15) is 11.6 Å². The molecule has 1 N–H and O–H groups in total. The number of rotatable bonds is 2. The van der Waals surface area contributed by atoms with Gasteiger partial charge in [0.15, 0.2) is 0 Å². The highest BCUT2D eigenvalue weighted by atomic mass is 19.4. The summed E-state index contributed by atoms with van der Waals surface area (Å²) in [6.45, 7) is 0. The van der Waals surface area contributed by atoms with Crippen molar-refractivity contribution in [2.75, 3.05) is 5.32 Å². The summed E-state index contributed by atoms with van der Waals surface area (Å²) in [7, 11) is 0. The quantitative estimate of drug-likeness (QED) is 0.832. The Hall–Kier alpha value is -2.57. The van der Waals surface area contributed by atoms with Crippen LogP contribution in [0.4, 0.5) is 28.0 Å². The van der Waals surface area contributed by atoms with Crippen molar-refractivity contribution in [1.82, 2.24) is 0 Å². The molecule has 0 radical (unpaired) electrons. The van der Waals surface area contributed by atoms with E-state index in [4.69, 9.17) is 4.74 Å². The second-order valence-electron chi connectivity index (χ2n) is 4.02. The minimum absolute atomic E-state index is 0.130. The first-order valence-corrected chi connectivity index (χ1v) is 5.77. The van der Waals surface area contributed by atoms with Gasteiger partial charge in [-0.05, 0) is 30.3 Å². The number of amides is 1. The van der Waals surface area contributed by atoms with Crippen molar-refractivity contribution in [3.8, 4) is 5.75 Å². The van der Waals surface area contributed by atoms with Crippen LogP contribution in [0.15, 0.2) is 48.5 Å². The Morgan fingerprint density at radius 1 is 1.05 bits per heavy atom. The van der Waals surface area contributed by atoms with E-state index in [9.17, 15) is 22.4 Å². The molecule has 0 unspecified atom stereocenters. The third kappa shape index (κ3) is 3.95. The van der Waals surface area contributed by atoms with Gasteiger partial charge < -0.3 is 4.74 Å². The molecule has 0 saturated heterocycles. The first kappa shape index (κ1) is 14.8. The van der Waals surface area contributed by atoms with Gasteiger partial charge in [-0.2, -0.15) is 13.2 Å². The highest BCUT2D eigenvalue weighted by molar-refractivity contribution is 5.86. The van der Waals surface area contributed by atoms with Gasteiger partial charge in [-0.25, -0.2) is 9.18 Å². The number of carbonyl (C=O) groups is 1. The molecule has 0 aliphatic heterocycles. The number of alkyl halides is 3. The SMILES string of the molecule is O=C(Nc1ccccc1F)Oc1cccc(C(F)(F)F)c1. The van der Waals surface area contributed by atoms with Gasteiger partial charge in [-0.1, -0.05) is 18.2 Å². The molecule has 0 fully saturated rings. The zero-order valence-corrected chi connectivity index (χ0v) is 10.4. The third-order valence-electron chi connectivity index (χ3n) is 2.48. The predicted octanol–water partition coefficient (Wildman–Crippen LogP) is 4.46. The molecule has 0 saturated carbocycles. The first-order valence-electron chi connectivity index (χ1n) is 5.77. The molecule has 0 bridgehead atoms. The number of ether oxygens (including phenoxy) is 1. The summed E-state index contributed by atoms with van der Waals surface area (Å²) >= 11 is 0. The van der Waals surface area contributed by atoms with Crippen LogP contribution in [0.25, 0.3) is 0 Å². The lowest BCUT2D eigenvalue weighted by atomic mass is 10.2. The van der Waals surface area contributed by atoms with Crippen LogP contribution >= 0.6 is 0 Å². The van der Waals surface area contributed by atoms with E-state index in [0.717, 1.165) is 18.2 Å². The van der Waals surface area contributed by atoms with Crippen LogP contribution in [0.3, 0.4) is 0 Å². The maximum Gasteiger partial charge on any atom is 0.417 e. The maximum atomic E-state index is 13.3. The van der Waals surface area contributed by atoms with Crippen molar-refractivity contribution in [1.29, 1.82) is 0 Å². The second kappa shape index (κ2) is 5.82. The molecular weight excluding hydrogens is 290 g/mol. The number of halogens is 4. The van der Waals surface area contributed by atoms with E-state index in [2.05, 4.69) is 5.32 Å². The van der Waals surface area contributed by atoms with E-state index in [0.29, 0.717) is 6.07 Å². The molecule has 2 aromatic carbocycles. The predicted molar refractivity (Wildman–Crippen MR) is 67.5 cm³/mol. The van der Waals surface area contributed by atoms with Crippen molar-refractivity contribution in [2.24, 2.45) is 0 Å². The highest BCUT2D eigenvalue weighted by Crippen LogP contribution is 2.31. The van der Waals surface area contributed by atoms with Gasteiger partial charge in [0, 0.05) is 0 Å². The van der Waals surface area contributed by atoms with Gasteiger partial charge in [0.05, 0.1) is 11.3 Å². The molecule has 0 atom stereocenters. The highest BCUT2D eigenvalue weighted by Gasteiger charge is 2.30. The minimum atomic E-state index is -4.54. The van der Waals surface area contributed by atoms with Crippen molar-refractivity contribution in [3.05, 3.63) is 59.9 Å². The standard InChI is InChI=1S/C14H9F4NO2/c15-11-6-1-2-7-12(11)19-13(20)21-10-5-3-4-9(8-10)14(16,17)18/h1-8H,(H,19,20). The van der Waals surface area contributed by atoms with Gasteiger partial charge in [-0.3, -0.25) is 5.32 Å². The van der Waals surface area contributed by atoms with E-state index in [-0.39, 0.29) is 11.4 Å². The number of anilines is 1. The lowest BCUT2D eigenvalue weighted by Crippen LogP contribution is -2.17. The molecule has 2 rings (SSSR count). The van der Waals surface area contributed by atoms with E-state index in [1.165, 1.54) is 24.3 Å². The van der Waals surface area contributed by atoms with E-state index >= 15 is 0 Å². The van der Waals surface area contributed by atoms with E-state index in [1.807, 2.05) is 0 Å². The van der Waals surface area contributed by atoms with Crippen LogP contribution in [-0.4, -0.2) is 6.09 Å². The number of nitrogens with one attached hydrogen (secondary N) is 1. The van der Waals surface area contributed by atoms with Crippen molar-refractivity contribution < 1.29 is 27.1 Å². The molecule has 0 aromatic heterocycles. The van der Waals surface area contributed by atoms with E-state index < -0.39 is 23.7 Å². The Morgan fingerprint density at radius 2 is 1.76 bits per heavy atom. The Balaban J connectivity index is 2.08. The number of para-hydroxylation sites is 1. The Morgan fingerprint density at radius 3 is 2.43 bits per heavy atom. The van der Waals surface area contributed by atoms with Crippen molar-refractivity contribution >= 4 is 11.8 Å². The number of hydrogen-bond donors (Lipinski definition) is 1. The zero-order chi connectivity index (χ0) is 15.5. The lowest BCUT2D eigenvalue weighted by molar-refractivity contribution is -0.137. The monoisotopic (exact) mass is 299 g/mol. The molecule has 110 valence electrons. The average molecular weight is 299 g/mol. The Bertz CT molecular complexity index is 655. The van der Waals surface area contributed by atoms with Crippen LogP contribution in [-0.2, 0) is 6.18 Å². The first-order chi connectivity index (χ1) is 9.86. The molecule has 0 aliphatic carbocycles. The Kier molecular flexibility index (Phi) is 4.11. The van der Waals surface area contributed by atoms with Gasteiger partial charge >= 0.3 is 12.3 Å². The van der Waals surface area contributed by atoms with Crippen LogP contribution in [0.5, 0.6) is 5.75 Å². The second-order valence-corrected chi connectivity index (χ2v) is 4.02. The topological polar surface area (TPSA) is 38.3 Å². The number of hydrogen-bond acceptors (Lipinski definition) is 2. The van der Waals surface area contributed by atoms with Gasteiger partial charge in [0.2, 0.25) is 0 Å². The molecule has 3 nitrogen and oxygen atoms in total. The van der Waals surface area contributed by atoms with Crippen molar-refractivity contribution in [2.45, 2.75) is 6.18 Å². The normalized spacial score (nSPS) is 11.0. The molecule has 0 aliphatic rings. The fraction of sp³-hybridized carbons (Fsp3) is 0.0714. The molecular formula is C14H9F4NO2. The molecule has 7 heteroatoms. The van der Waals surface area contributed by atoms with Gasteiger partial charge in [0.25, 0.3) is 0 Å². The minimum Gasteiger partial charge on any atom is -0.410 e. The number of benzene rings is 2. The zero-order valence-electron chi connectivity index (χ0n) is 10.4. The van der Waals surface area contributed by atoms with Crippen LogP contribution in [0.1, 0.15) is 5.56 Å². The maximum absolute atomic E-state index is 13.3. The molecule has 2 aromatic rings. The molecule has 0 spiro atoms.